The summed E-state index contributed by atoms with van der Waals surface area (Å²) in [5.41, 5.74) is 1.82. The van der Waals surface area contributed by atoms with Gasteiger partial charge in [-0.2, -0.15) is 5.10 Å². The zero-order valence-electron chi connectivity index (χ0n) is 14.7. The molecule has 0 unspecified atom stereocenters. The van der Waals surface area contributed by atoms with Crippen LogP contribution in [0.5, 0.6) is 5.75 Å². The quantitative estimate of drug-likeness (QED) is 0.487. The van der Waals surface area contributed by atoms with Gasteiger partial charge in [0.15, 0.2) is 5.82 Å². The zero-order valence-corrected chi connectivity index (χ0v) is 14.7. The van der Waals surface area contributed by atoms with E-state index in [2.05, 4.69) is 15.5 Å². The van der Waals surface area contributed by atoms with Crippen molar-refractivity contribution in [1.82, 2.24) is 10.2 Å². The van der Waals surface area contributed by atoms with Crippen LogP contribution in [0.4, 0.5) is 5.82 Å². The van der Waals surface area contributed by atoms with Crippen molar-refractivity contribution in [2.24, 2.45) is 0 Å². The first-order chi connectivity index (χ1) is 13.5. The van der Waals surface area contributed by atoms with Gasteiger partial charge in [-0.1, -0.05) is 6.07 Å². The second-order valence-corrected chi connectivity index (χ2v) is 5.99. The SMILES string of the molecule is COc1cccc(C(=O)Nc2n[nH]c3ccc(-c4ccc(C(=O)O)o4)cc23)c1. The third kappa shape index (κ3) is 3.18. The van der Waals surface area contributed by atoms with Crippen LogP contribution in [0.1, 0.15) is 20.9 Å². The van der Waals surface area contributed by atoms with E-state index in [1.54, 1.807) is 48.5 Å². The van der Waals surface area contributed by atoms with Crippen molar-refractivity contribution in [1.29, 1.82) is 0 Å². The average Bonchev–Trinajstić information content (AvgIpc) is 3.35. The van der Waals surface area contributed by atoms with E-state index in [-0.39, 0.29) is 11.7 Å². The number of carbonyl (C=O) groups excluding carboxylic acids is 1. The maximum absolute atomic E-state index is 12.6. The minimum Gasteiger partial charge on any atom is -0.497 e. The van der Waals surface area contributed by atoms with Crippen LogP contribution in [-0.2, 0) is 0 Å². The standard InChI is InChI=1S/C20H15N3O5/c1-27-13-4-2-3-12(9-13)19(24)21-18-14-10-11(5-6-15(14)22-23-18)16-7-8-17(28-16)20(25)26/h2-10H,1H3,(H,25,26)(H2,21,22,23,24). The van der Waals surface area contributed by atoms with Crippen LogP contribution in [0, 0.1) is 0 Å². The molecule has 3 N–H and O–H groups in total. The summed E-state index contributed by atoms with van der Waals surface area (Å²) >= 11 is 0. The lowest BCUT2D eigenvalue weighted by molar-refractivity contribution is 0.0663. The minimum absolute atomic E-state index is 0.145. The fourth-order valence-electron chi connectivity index (χ4n) is 2.81. The summed E-state index contributed by atoms with van der Waals surface area (Å²) in [4.78, 5) is 23.6. The van der Waals surface area contributed by atoms with Gasteiger partial charge >= 0.3 is 5.97 Å². The Bertz CT molecular complexity index is 1190. The van der Waals surface area contributed by atoms with E-state index in [0.29, 0.717) is 33.8 Å². The highest BCUT2D eigenvalue weighted by Gasteiger charge is 2.15. The molecule has 0 atom stereocenters. The molecule has 0 spiro atoms. The average molecular weight is 377 g/mol. The molecule has 0 saturated heterocycles. The fourth-order valence-corrected chi connectivity index (χ4v) is 2.81. The molecule has 0 radical (unpaired) electrons. The number of carboxylic acids is 1. The molecule has 0 fully saturated rings. The summed E-state index contributed by atoms with van der Waals surface area (Å²) in [5, 5.41) is 19.5. The number of methoxy groups -OCH3 is 1. The number of fused-ring (bicyclic) bond motifs is 1. The molecule has 0 aliphatic rings. The Kier molecular flexibility index (Phi) is 4.29. The molecule has 28 heavy (non-hydrogen) atoms. The molecule has 8 heteroatoms. The summed E-state index contributed by atoms with van der Waals surface area (Å²) in [7, 11) is 1.53. The molecule has 1 amide bonds. The Hall–Kier alpha value is -4.07. The van der Waals surface area contributed by atoms with Crippen LogP contribution in [0.2, 0.25) is 0 Å². The van der Waals surface area contributed by atoms with E-state index >= 15 is 0 Å². The van der Waals surface area contributed by atoms with Gasteiger partial charge in [-0.15, -0.1) is 0 Å². The van der Waals surface area contributed by atoms with E-state index in [1.165, 1.54) is 13.2 Å². The number of anilines is 1. The van der Waals surface area contributed by atoms with Gasteiger partial charge in [0.2, 0.25) is 5.76 Å². The van der Waals surface area contributed by atoms with Gasteiger partial charge in [0, 0.05) is 16.5 Å². The van der Waals surface area contributed by atoms with Gasteiger partial charge in [0.1, 0.15) is 11.5 Å². The van der Waals surface area contributed by atoms with Gasteiger partial charge in [-0.3, -0.25) is 9.89 Å². The third-order valence-electron chi connectivity index (χ3n) is 4.23. The number of ether oxygens (including phenoxy) is 1. The number of rotatable bonds is 5. The first-order valence-corrected chi connectivity index (χ1v) is 8.32. The predicted octanol–water partition coefficient (Wildman–Crippen LogP) is 3.78. The molecule has 8 nitrogen and oxygen atoms in total. The van der Waals surface area contributed by atoms with E-state index < -0.39 is 5.97 Å². The Morgan fingerprint density at radius 3 is 2.75 bits per heavy atom. The lowest BCUT2D eigenvalue weighted by Gasteiger charge is -2.05. The predicted molar refractivity (Wildman–Crippen MR) is 102 cm³/mol. The van der Waals surface area contributed by atoms with E-state index in [1.807, 2.05) is 0 Å². The number of furan rings is 1. The first kappa shape index (κ1) is 17.3. The lowest BCUT2D eigenvalue weighted by atomic mass is 10.1. The maximum atomic E-state index is 12.6. The van der Waals surface area contributed by atoms with Gasteiger partial charge in [-0.25, -0.2) is 4.79 Å². The highest BCUT2D eigenvalue weighted by atomic mass is 16.5. The molecule has 140 valence electrons. The first-order valence-electron chi connectivity index (χ1n) is 8.32. The molecular weight excluding hydrogens is 362 g/mol. The normalized spacial score (nSPS) is 10.8. The number of hydrogen-bond donors (Lipinski definition) is 3. The number of nitrogens with zero attached hydrogens (tertiary/aromatic N) is 1. The van der Waals surface area contributed by atoms with Crippen molar-refractivity contribution < 1.29 is 23.8 Å². The van der Waals surface area contributed by atoms with Crippen LogP contribution in [0.15, 0.2) is 59.0 Å². The number of nitrogens with one attached hydrogen (secondary N) is 2. The van der Waals surface area contributed by atoms with Crippen LogP contribution >= 0.6 is 0 Å². The van der Waals surface area contributed by atoms with Crippen LogP contribution in [0.25, 0.3) is 22.2 Å². The number of aromatic carboxylic acids is 1. The van der Waals surface area contributed by atoms with Crippen molar-refractivity contribution in [2.45, 2.75) is 0 Å². The maximum Gasteiger partial charge on any atom is 0.371 e. The summed E-state index contributed by atoms with van der Waals surface area (Å²) in [6.07, 6.45) is 0. The Morgan fingerprint density at radius 2 is 2.00 bits per heavy atom. The molecular formula is C20H15N3O5. The van der Waals surface area contributed by atoms with E-state index in [0.717, 1.165) is 5.52 Å². The van der Waals surface area contributed by atoms with Crippen LogP contribution < -0.4 is 10.1 Å². The molecule has 0 aliphatic carbocycles. The summed E-state index contributed by atoms with van der Waals surface area (Å²) in [6.45, 7) is 0. The topological polar surface area (TPSA) is 117 Å². The minimum atomic E-state index is -1.14. The van der Waals surface area contributed by atoms with Gasteiger partial charge in [0.25, 0.3) is 5.91 Å². The molecule has 0 aliphatic heterocycles. The Labute approximate surface area is 158 Å². The van der Waals surface area contributed by atoms with E-state index in [9.17, 15) is 9.59 Å². The number of benzene rings is 2. The monoisotopic (exact) mass is 377 g/mol. The molecule has 2 aromatic heterocycles. The second-order valence-electron chi connectivity index (χ2n) is 5.99. The number of amides is 1. The highest BCUT2D eigenvalue weighted by Crippen LogP contribution is 2.29. The lowest BCUT2D eigenvalue weighted by Crippen LogP contribution is -2.12. The van der Waals surface area contributed by atoms with Crippen molar-refractivity contribution in [3.63, 3.8) is 0 Å². The fraction of sp³-hybridized carbons (Fsp3) is 0.0500. The molecule has 2 aromatic carbocycles. The van der Waals surface area contributed by atoms with Crippen molar-refractivity contribution in [2.75, 3.05) is 12.4 Å². The Morgan fingerprint density at radius 1 is 1.14 bits per heavy atom. The smallest absolute Gasteiger partial charge is 0.371 e. The van der Waals surface area contributed by atoms with Gasteiger partial charge < -0.3 is 19.6 Å². The van der Waals surface area contributed by atoms with Crippen LogP contribution in [0.3, 0.4) is 0 Å². The van der Waals surface area contributed by atoms with Crippen molar-refractivity contribution >= 4 is 28.6 Å². The molecule has 2 heterocycles. The molecule has 0 bridgehead atoms. The Balaban J connectivity index is 1.65. The van der Waals surface area contributed by atoms with Crippen molar-refractivity contribution in [3.05, 3.63) is 65.9 Å². The molecule has 4 aromatic rings. The number of carboxylic acid groups (broad SMARTS) is 1. The van der Waals surface area contributed by atoms with Gasteiger partial charge in [-0.05, 0) is 48.5 Å². The summed E-state index contributed by atoms with van der Waals surface area (Å²) in [5.74, 6) is -0.270. The third-order valence-corrected chi connectivity index (χ3v) is 4.23. The van der Waals surface area contributed by atoms with Gasteiger partial charge in [0.05, 0.1) is 12.6 Å². The second kappa shape index (κ2) is 6.92. The number of hydrogen-bond acceptors (Lipinski definition) is 5. The van der Waals surface area contributed by atoms with Crippen molar-refractivity contribution in [3.8, 4) is 17.1 Å². The van der Waals surface area contributed by atoms with E-state index in [4.69, 9.17) is 14.3 Å². The number of aromatic amines is 1. The van der Waals surface area contributed by atoms with Crippen LogP contribution in [-0.4, -0.2) is 34.3 Å². The number of carbonyl (C=O) groups is 2. The zero-order chi connectivity index (χ0) is 19.7. The highest BCUT2D eigenvalue weighted by molar-refractivity contribution is 6.08. The summed E-state index contributed by atoms with van der Waals surface area (Å²) < 4.78 is 10.5. The number of H-pyrrole nitrogens is 1. The molecule has 4 rings (SSSR count). The number of aromatic nitrogens is 2. The molecule has 0 saturated carbocycles. The largest absolute Gasteiger partial charge is 0.497 e. The summed E-state index contributed by atoms with van der Waals surface area (Å²) in [6, 6.07) is 15.1.